The van der Waals surface area contributed by atoms with Gasteiger partial charge in [-0.15, -0.1) is 0 Å². The molecular weight excluding hydrogens is 278 g/mol. The fraction of sp³-hybridized carbons (Fsp3) is 0.533. The molecular formula is C15H21N7. The van der Waals surface area contributed by atoms with Crippen molar-refractivity contribution >= 4 is 17.6 Å². The van der Waals surface area contributed by atoms with Gasteiger partial charge in [-0.1, -0.05) is 0 Å². The van der Waals surface area contributed by atoms with Gasteiger partial charge in [0.15, 0.2) is 5.82 Å². The summed E-state index contributed by atoms with van der Waals surface area (Å²) in [7, 11) is 0. The van der Waals surface area contributed by atoms with E-state index in [0.717, 1.165) is 43.6 Å². The summed E-state index contributed by atoms with van der Waals surface area (Å²) in [6.45, 7) is 2.64. The van der Waals surface area contributed by atoms with E-state index in [1.165, 1.54) is 18.5 Å². The average molecular weight is 299 g/mol. The van der Waals surface area contributed by atoms with Gasteiger partial charge in [-0.2, -0.15) is 10.1 Å². The van der Waals surface area contributed by atoms with Crippen molar-refractivity contribution in [2.24, 2.45) is 11.7 Å². The normalized spacial score (nSPS) is 21.3. The lowest BCUT2D eigenvalue weighted by molar-refractivity contribution is 0.602. The summed E-state index contributed by atoms with van der Waals surface area (Å²) in [4.78, 5) is 11.2. The number of anilines is 3. The molecule has 4 rings (SSSR count). The first-order chi connectivity index (χ1) is 10.8. The maximum Gasteiger partial charge on any atom is 0.227 e. The van der Waals surface area contributed by atoms with E-state index in [1.54, 1.807) is 6.20 Å². The molecule has 0 unspecified atom stereocenters. The smallest absolute Gasteiger partial charge is 0.227 e. The van der Waals surface area contributed by atoms with Gasteiger partial charge in [0.2, 0.25) is 5.95 Å². The lowest BCUT2D eigenvalue weighted by Crippen LogP contribution is -2.24. The minimum atomic E-state index is 0.549. The molecule has 2 aromatic heterocycles. The van der Waals surface area contributed by atoms with E-state index >= 15 is 0 Å². The summed E-state index contributed by atoms with van der Waals surface area (Å²) in [5.41, 5.74) is 6.96. The van der Waals surface area contributed by atoms with Crippen LogP contribution in [0.4, 0.5) is 17.6 Å². The first kappa shape index (κ1) is 13.5. The van der Waals surface area contributed by atoms with Crippen molar-refractivity contribution in [2.75, 3.05) is 29.9 Å². The fourth-order valence-electron chi connectivity index (χ4n) is 2.91. The molecule has 0 aromatic carbocycles. The van der Waals surface area contributed by atoms with Gasteiger partial charge in [-0.3, -0.25) is 5.10 Å². The molecule has 116 valence electrons. The Labute approximate surface area is 129 Å². The molecule has 4 N–H and O–H groups in total. The largest absolute Gasteiger partial charge is 0.340 e. The summed E-state index contributed by atoms with van der Waals surface area (Å²) in [5.74, 6) is 3.57. The molecule has 1 saturated heterocycles. The van der Waals surface area contributed by atoms with Crippen LogP contribution >= 0.6 is 0 Å². The molecule has 0 bridgehead atoms. The molecule has 0 radical (unpaired) electrons. The SMILES string of the molecule is NC[C@H]1CCN(c2nccc(Nc3cc(C4CC4)[nH]n3)n2)C1. The zero-order valence-electron chi connectivity index (χ0n) is 12.5. The molecule has 7 heteroatoms. The number of rotatable bonds is 5. The Morgan fingerprint density at radius 1 is 1.32 bits per heavy atom. The Hall–Kier alpha value is -2.15. The van der Waals surface area contributed by atoms with Crippen LogP contribution in [0, 0.1) is 5.92 Å². The van der Waals surface area contributed by atoms with Crippen LogP contribution in [0.25, 0.3) is 0 Å². The van der Waals surface area contributed by atoms with E-state index in [2.05, 4.69) is 36.4 Å². The van der Waals surface area contributed by atoms with Crippen molar-refractivity contribution in [2.45, 2.75) is 25.2 Å². The van der Waals surface area contributed by atoms with Crippen molar-refractivity contribution in [1.29, 1.82) is 0 Å². The molecule has 2 aliphatic rings. The molecule has 22 heavy (non-hydrogen) atoms. The number of hydrogen-bond acceptors (Lipinski definition) is 6. The lowest BCUT2D eigenvalue weighted by Gasteiger charge is -2.16. The number of aromatic nitrogens is 4. The first-order valence-corrected chi connectivity index (χ1v) is 7.92. The molecule has 0 spiro atoms. The molecule has 1 aliphatic heterocycles. The minimum absolute atomic E-state index is 0.549. The molecule has 1 saturated carbocycles. The van der Waals surface area contributed by atoms with Gasteiger partial charge < -0.3 is 16.0 Å². The highest BCUT2D eigenvalue weighted by molar-refractivity contribution is 5.53. The maximum atomic E-state index is 5.75. The first-order valence-electron chi connectivity index (χ1n) is 7.92. The summed E-state index contributed by atoms with van der Waals surface area (Å²) in [6, 6.07) is 3.94. The zero-order chi connectivity index (χ0) is 14.9. The third-order valence-electron chi connectivity index (χ3n) is 4.42. The van der Waals surface area contributed by atoms with Gasteiger partial charge in [0, 0.05) is 37.0 Å². The standard InChI is InChI=1S/C15H21N7/c16-8-10-4-6-22(9-10)15-17-5-3-13(19-15)18-14-7-12(20-21-14)11-1-2-11/h3,5,7,10-11H,1-2,4,6,8-9,16H2,(H2,17,18,19,20,21)/t10-/m1/s1. The van der Waals surface area contributed by atoms with E-state index in [-0.39, 0.29) is 0 Å². The molecule has 2 aromatic rings. The van der Waals surface area contributed by atoms with Crippen LogP contribution in [0.2, 0.25) is 0 Å². The third-order valence-corrected chi connectivity index (χ3v) is 4.42. The van der Waals surface area contributed by atoms with Crippen LogP contribution in [0.15, 0.2) is 18.3 Å². The number of aromatic amines is 1. The predicted molar refractivity (Wildman–Crippen MR) is 85.3 cm³/mol. The quantitative estimate of drug-likeness (QED) is 0.776. The van der Waals surface area contributed by atoms with Crippen LogP contribution < -0.4 is 16.0 Å². The number of nitrogens with two attached hydrogens (primary N) is 1. The second kappa shape index (κ2) is 5.57. The van der Waals surface area contributed by atoms with Crippen LogP contribution in [0.1, 0.15) is 30.9 Å². The molecule has 7 nitrogen and oxygen atoms in total. The lowest BCUT2D eigenvalue weighted by atomic mass is 10.1. The Morgan fingerprint density at radius 2 is 2.23 bits per heavy atom. The highest BCUT2D eigenvalue weighted by atomic mass is 15.3. The average Bonchev–Trinajstić information content (AvgIpc) is 3.10. The van der Waals surface area contributed by atoms with E-state index in [1.807, 2.05) is 6.07 Å². The van der Waals surface area contributed by atoms with E-state index in [4.69, 9.17) is 5.73 Å². The number of H-pyrrole nitrogens is 1. The van der Waals surface area contributed by atoms with E-state index in [0.29, 0.717) is 11.8 Å². The van der Waals surface area contributed by atoms with E-state index in [9.17, 15) is 0 Å². The summed E-state index contributed by atoms with van der Waals surface area (Å²) in [5, 5.41) is 10.6. The van der Waals surface area contributed by atoms with Crippen LogP contribution in [0.5, 0.6) is 0 Å². The highest BCUT2D eigenvalue weighted by Crippen LogP contribution is 2.39. The summed E-state index contributed by atoms with van der Waals surface area (Å²) in [6.07, 6.45) is 5.42. The zero-order valence-corrected chi connectivity index (χ0v) is 12.5. The van der Waals surface area contributed by atoms with Crippen molar-refractivity contribution in [1.82, 2.24) is 20.2 Å². The molecule has 3 heterocycles. The van der Waals surface area contributed by atoms with Crippen LogP contribution in [-0.2, 0) is 0 Å². The number of nitrogens with zero attached hydrogens (tertiary/aromatic N) is 4. The Kier molecular flexibility index (Phi) is 3.42. The minimum Gasteiger partial charge on any atom is -0.340 e. The van der Waals surface area contributed by atoms with Crippen molar-refractivity contribution < 1.29 is 0 Å². The predicted octanol–water partition coefficient (Wildman–Crippen LogP) is 1.61. The molecule has 0 amide bonds. The van der Waals surface area contributed by atoms with Gasteiger partial charge in [0.25, 0.3) is 0 Å². The van der Waals surface area contributed by atoms with E-state index < -0.39 is 0 Å². The monoisotopic (exact) mass is 299 g/mol. The fourth-order valence-corrected chi connectivity index (χ4v) is 2.91. The summed E-state index contributed by atoms with van der Waals surface area (Å²) < 4.78 is 0. The second-order valence-electron chi connectivity index (χ2n) is 6.19. The molecule has 1 aliphatic carbocycles. The number of hydrogen-bond donors (Lipinski definition) is 3. The van der Waals surface area contributed by atoms with Crippen molar-refractivity contribution in [3.8, 4) is 0 Å². The third kappa shape index (κ3) is 2.76. The Bertz CT molecular complexity index is 649. The van der Waals surface area contributed by atoms with Gasteiger partial charge in [0.1, 0.15) is 5.82 Å². The van der Waals surface area contributed by atoms with Gasteiger partial charge in [-0.05, 0) is 37.8 Å². The molecule has 1 atom stereocenters. The van der Waals surface area contributed by atoms with Crippen molar-refractivity contribution in [3.05, 3.63) is 24.0 Å². The summed E-state index contributed by atoms with van der Waals surface area (Å²) >= 11 is 0. The van der Waals surface area contributed by atoms with Crippen LogP contribution in [0.3, 0.4) is 0 Å². The highest BCUT2D eigenvalue weighted by Gasteiger charge is 2.26. The second-order valence-corrected chi connectivity index (χ2v) is 6.19. The topological polar surface area (TPSA) is 95.8 Å². The van der Waals surface area contributed by atoms with Crippen LogP contribution in [-0.4, -0.2) is 39.8 Å². The maximum absolute atomic E-state index is 5.75. The van der Waals surface area contributed by atoms with Crippen molar-refractivity contribution in [3.63, 3.8) is 0 Å². The van der Waals surface area contributed by atoms with Gasteiger partial charge >= 0.3 is 0 Å². The Balaban J connectivity index is 1.46. The molecule has 2 fully saturated rings. The van der Waals surface area contributed by atoms with Gasteiger partial charge in [-0.25, -0.2) is 4.98 Å². The van der Waals surface area contributed by atoms with Gasteiger partial charge in [0.05, 0.1) is 0 Å². The number of nitrogens with one attached hydrogen (secondary N) is 2. The Morgan fingerprint density at radius 3 is 3.00 bits per heavy atom.